The van der Waals surface area contributed by atoms with E-state index in [0.29, 0.717) is 0 Å². The molecule has 0 saturated carbocycles. The predicted molar refractivity (Wildman–Crippen MR) is 160 cm³/mol. The third-order valence-corrected chi connectivity index (χ3v) is 9.16. The molecule has 0 aliphatic carbocycles. The minimum Gasteiger partial charge on any atom is -0.394 e. The van der Waals surface area contributed by atoms with Crippen LogP contribution in [0.1, 0.15) is 0 Å². The van der Waals surface area contributed by atoms with Crippen molar-refractivity contribution in [3.8, 4) is 0 Å². The van der Waals surface area contributed by atoms with Gasteiger partial charge in [-0.3, -0.25) is 0 Å². The quantitative estimate of drug-likeness (QED) is 0.0611. The van der Waals surface area contributed by atoms with Gasteiger partial charge in [0.25, 0.3) is 0 Å². The second-order valence-electron chi connectivity index (χ2n) is 12.5. The Hall–Kier alpha value is -0.920. The summed E-state index contributed by atoms with van der Waals surface area (Å²) >= 11 is 0. The number of ether oxygens (including phenoxy) is 10. The Morgan fingerprint density at radius 1 is 0.442 bits per heavy atom. The second kappa shape index (κ2) is 20.3. The topological polar surface area (TPSA) is 355 Å². The van der Waals surface area contributed by atoms with E-state index in [-0.39, 0.29) is 13.2 Å². The average Bonchev–Trinajstić information content (AvgIpc) is 3.14. The number of rotatable bonds is 17. The lowest BCUT2D eigenvalue weighted by Gasteiger charge is -2.49. The van der Waals surface area contributed by atoms with Crippen LogP contribution in [0.4, 0.5) is 0 Å². The first-order valence-corrected chi connectivity index (χ1v) is 16.7. The van der Waals surface area contributed by atoms with Crippen LogP contribution in [0.15, 0.2) is 0 Å². The second-order valence-corrected chi connectivity index (χ2v) is 12.5. The molecule has 0 spiro atoms. The molecule has 52 heavy (non-hydrogen) atoms. The summed E-state index contributed by atoms with van der Waals surface area (Å²) in [6.45, 7) is -4.15. The fraction of sp³-hybridized carbons (Fsp3) is 1.00. The van der Waals surface area contributed by atoms with Crippen LogP contribution >= 0.6 is 0 Å². The molecule has 0 radical (unpaired) electrons. The van der Waals surface area contributed by atoms with E-state index in [9.17, 15) is 66.4 Å². The summed E-state index contributed by atoms with van der Waals surface area (Å²) in [4.78, 5) is 0. The summed E-state index contributed by atoms with van der Waals surface area (Å²) in [5, 5.41) is 134. The zero-order chi connectivity index (χ0) is 38.3. The number of hydrogen-bond acceptors (Lipinski definition) is 23. The van der Waals surface area contributed by atoms with Gasteiger partial charge in [0, 0.05) is 7.11 Å². The van der Waals surface area contributed by atoms with Crippen molar-refractivity contribution in [2.75, 3.05) is 60.0 Å². The van der Waals surface area contributed by atoms with Gasteiger partial charge in [0.1, 0.15) is 97.7 Å². The van der Waals surface area contributed by atoms with Crippen LogP contribution in [0.3, 0.4) is 0 Å². The maximum atomic E-state index is 11.2. The fourth-order valence-electron chi connectivity index (χ4n) is 6.43. The average molecular weight is 769 g/mol. The van der Waals surface area contributed by atoms with Gasteiger partial charge in [-0.1, -0.05) is 0 Å². The lowest BCUT2D eigenvalue weighted by Crippen LogP contribution is -2.67. The summed E-state index contributed by atoms with van der Waals surface area (Å²) in [6.07, 6.45) is -32.9. The van der Waals surface area contributed by atoms with E-state index in [1.165, 1.54) is 7.11 Å². The molecule has 20 unspecified atom stereocenters. The lowest BCUT2D eigenvalue weighted by molar-refractivity contribution is -0.389. The highest BCUT2D eigenvalue weighted by molar-refractivity contribution is 4.98. The Kier molecular flexibility index (Phi) is 17.1. The molecular weight excluding hydrogens is 716 g/mol. The molecule has 4 aliphatic heterocycles. The Morgan fingerprint density at radius 3 is 1.40 bits per heavy atom. The standard InChI is InChI=1S/C29H52O23/c1-43-21-10(6-32)48-29(25(20(21)41)45-5-3-31)52-23-12(8-34)47-27(18(39)15(23)36)51-24-13(9-44-4-2-30)49-28(19(40)16(24)37)50-22-11(7-33)46-26(42)17(38)14(22)35/h10-42H,2-9H2,1H3. The molecule has 0 aromatic heterocycles. The molecule has 13 N–H and O–H groups in total. The van der Waals surface area contributed by atoms with E-state index in [4.69, 9.17) is 47.4 Å². The van der Waals surface area contributed by atoms with Crippen LogP contribution in [-0.2, 0) is 47.4 Å². The van der Waals surface area contributed by atoms with Crippen molar-refractivity contribution in [1.29, 1.82) is 0 Å². The molecule has 4 fully saturated rings. The van der Waals surface area contributed by atoms with Gasteiger partial charge in [0.05, 0.1) is 52.9 Å². The zero-order valence-corrected chi connectivity index (χ0v) is 28.1. The molecule has 20 atom stereocenters. The summed E-state index contributed by atoms with van der Waals surface area (Å²) < 4.78 is 55.6. The molecule has 4 saturated heterocycles. The SMILES string of the molecule is COC1C(CO)OC(OC2C(CO)OC(OC3C(COCCO)OC(OC4C(CO)OC(O)C(O)C4O)C(O)C3O)C(O)C2O)C(OCCO)C1O. The Balaban J connectivity index is 1.50. The molecule has 4 rings (SSSR count). The van der Waals surface area contributed by atoms with Crippen molar-refractivity contribution in [3.63, 3.8) is 0 Å². The van der Waals surface area contributed by atoms with Gasteiger partial charge >= 0.3 is 0 Å². The Morgan fingerprint density at radius 2 is 0.885 bits per heavy atom. The molecule has 0 bridgehead atoms. The summed E-state index contributed by atoms with van der Waals surface area (Å²) in [5.74, 6) is 0. The number of aliphatic hydroxyl groups is 13. The van der Waals surface area contributed by atoms with E-state index in [0.717, 1.165) is 0 Å². The monoisotopic (exact) mass is 768 g/mol. The van der Waals surface area contributed by atoms with Crippen LogP contribution in [0.25, 0.3) is 0 Å². The zero-order valence-electron chi connectivity index (χ0n) is 28.1. The predicted octanol–water partition coefficient (Wildman–Crippen LogP) is -9.06. The molecule has 4 heterocycles. The maximum absolute atomic E-state index is 11.2. The molecule has 0 amide bonds. The first-order valence-electron chi connectivity index (χ1n) is 16.7. The molecule has 23 nitrogen and oxygen atoms in total. The first-order chi connectivity index (χ1) is 24.9. The van der Waals surface area contributed by atoms with E-state index in [1.807, 2.05) is 0 Å². The molecule has 0 aromatic rings. The lowest BCUT2D eigenvalue weighted by atomic mass is 9.95. The van der Waals surface area contributed by atoms with E-state index in [1.54, 1.807) is 0 Å². The molecule has 306 valence electrons. The van der Waals surface area contributed by atoms with Crippen LogP contribution in [0.2, 0.25) is 0 Å². The minimum absolute atomic E-state index is 0.224. The van der Waals surface area contributed by atoms with Crippen molar-refractivity contribution < 1.29 is 114 Å². The third-order valence-electron chi connectivity index (χ3n) is 9.16. The minimum atomic E-state index is -2.00. The first kappa shape index (κ1) is 43.8. The molecule has 0 aromatic carbocycles. The van der Waals surface area contributed by atoms with Gasteiger partial charge in [-0.05, 0) is 0 Å². The fourth-order valence-corrected chi connectivity index (χ4v) is 6.43. The van der Waals surface area contributed by atoms with Crippen LogP contribution in [0.5, 0.6) is 0 Å². The number of aliphatic hydroxyl groups excluding tert-OH is 13. The van der Waals surface area contributed by atoms with Crippen LogP contribution in [0, 0.1) is 0 Å². The van der Waals surface area contributed by atoms with Crippen LogP contribution < -0.4 is 0 Å². The molecular formula is C29H52O23. The van der Waals surface area contributed by atoms with Crippen molar-refractivity contribution >= 4 is 0 Å². The normalized spacial score (nSPS) is 47.4. The number of methoxy groups -OCH3 is 1. The van der Waals surface area contributed by atoms with E-state index in [2.05, 4.69) is 0 Å². The van der Waals surface area contributed by atoms with Gasteiger partial charge < -0.3 is 114 Å². The van der Waals surface area contributed by atoms with Gasteiger partial charge in [-0.2, -0.15) is 0 Å². The molecule has 4 aliphatic rings. The largest absolute Gasteiger partial charge is 0.394 e. The maximum Gasteiger partial charge on any atom is 0.187 e. The third kappa shape index (κ3) is 9.71. The van der Waals surface area contributed by atoms with E-state index < -0.39 is 162 Å². The highest BCUT2D eigenvalue weighted by atomic mass is 16.8. The molecule has 23 heteroatoms. The smallest absolute Gasteiger partial charge is 0.187 e. The van der Waals surface area contributed by atoms with Gasteiger partial charge in [-0.15, -0.1) is 0 Å². The highest BCUT2D eigenvalue weighted by Gasteiger charge is 2.55. The Bertz CT molecular complexity index is 1030. The summed E-state index contributed by atoms with van der Waals surface area (Å²) in [6, 6.07) is 0. The number of hydrogen-bond donors (Lipinski definition) is 13. The summed E-state index contributed by atoms with van der Waals surface area (Å²) in [7, 11) is 1.25. The van der Waals surface area contributed by atoms with Gasteiger partial charge in [0.2, 0.25) is 0 Å². The van der Waals surface area contributed by atoms with Crippen LogP contribution in [-0.4, -0.2) is 249 Å². The van der Waals surface area contributed by atoms with Gasteiger partial charge in [0.15, 0.2) is 25.2 Å². The van der Waals surface area contributed by atoms with Crippen molar-refractivity contribution in [2.45, 2.75) is 123 Å². The summed E-state index contributed by atoms with van der Waals surface area (Å²) in [5.41, 5.74) is 0. The highest BCUT2D eigenvalue weighted by Crippen LogP contribution is 2.35. The van der Waals surface area contributed by atoms with Gasteiger partial charge in [-0.25, -0.2) is 0 Å². The van der Waals surface area contributed by atoms with Crippen molar-refractivity contribution in [2.24, 2.45) is 0 Å². The van der Waals surface area contributed by atoms with Crippen molar-refractivity contribution in [3.05, 3.63) is 0 Å². The van der Waals surface area contributed by atoms with E-state index >= 15 is 0 Å². The Labute approximate surface area is 296 Å². The van der Waals surface area contributed by atoms with Crippen molar-refractivity contribution in [1.82, 2.24) is 0 Å².